The Morgan fingerprint density at radius 2 is 0.513 bits per heavy atom. The third-order valence-corrected chi connectivity index (χ3v) is 12.2. The highest BCUT2D eigenvalue weighted by Gasteiger charge is 2.19. The van der Waals surface area contributed by atoms with Crippen LogP contribution >= 0.6 is 0 Å². The maximum absolute atomic E-state index is 12.9. The summed E-state index contributed by atoms with van der Waals surface area (Å²) in [6, 6.07) is 0. The zero-order valence-electron chi connectivity index (χ0n) is 48.7. The van der Waals surface area contributed by atoms with Crippen LogP contribution in [-0.4, -0.2) is 37.2 Å². The van der Waals surface area contributed by atoms with E-state index in [1.165, 1.54) is 38.5 Å². The molecule has 1 unspecified atom stereocenters. The second-order valence-corrected chi connectivity index (χ2v) is 19.5. The normalized spacial score (nSPS) is 13.2. The summed E-state index contributed by atoms with van der Waals surface area (Å²) in [5.41, 5.74) is 0. The van der Waals surface area contributed by atoms with Crippen LogP contribution in [0.25, 0.3) is 0 Å². The lowest BCUT2D eigenvalue weighted by Crippen LogP contribution is -2.30. The first kappa shape index (κ1) is 71.0. The monoisotopic (exact) mass is 1050 g/mol. The van der Waals surface area contributed by atoms with Gasteiger partial charge in [-0.2, -0.15) is 0 Å². The van der Waals surface area contributed by atoms with E-state index in [0.717, 1.165) is 161 Å². The van der Waals surface area contributed by atoms with Crippen molar-refractivity contribution in [3.05, 3.63) is 158 Å². The van der Waals surface area contributed by atoms with Crippen LogP contribution < -0.4 is 0 Å². The van der Waals surface area contributed by atoms with E-state index in [1.54, 1.807) is 0 Å². The number of carbonyl (C=O) groups is 3. The summed E-state index contributed by atoms with van der Waals surface area (Å²) in [5, 5.41) is 0. The summed E-state index contributed by atoms with van der Waals surface area (Å²) in [6.45, 7) is 6.29. The molecule has 0 heterocycles. The molecule has 0 aliphatic heterocycles. The Balaban J connectivity index is 4.36. The van der Waals surface area contributed by atoms with Gasteiger partial charge in [0, 0.05) is 19.3 Å². The van der Waals surface area contributed by atoms with E-state index in [0.29, 0.717) is 19.3 Å². The largest absolute Gasteiger partial charge is 0.462 e. The zero-order valence-corrected chi connectivity index (χ0v) is 48.7. The van der Waals surface area contributed by atoms with Crippen molar-refractivity contribution >= 4 is 17.9 Å². The Labute approximate surface area is 467 Å². The average Bonchev–Trinajstić information content (AvgIpc) is 3.42. The molecule has 0 N–H and O–H groups in total. The third-order valence-electron chi connectivity index (χ3n) is 12.2. The molecule has 6 nitrogen and oxygen atoms in total. The summed E-state index contributed by atoms with van der Waals surface area (Å²) in [6.07, 6.45) is 91.0. The van der Waals surface area contributed by atoms with E-state index in [4.69, 9.17) is 14.2 Å². The molecule has 0 rings (SSSR count). The Bertz CT molecular complexity index is 1720. The van der Waals surface area contributed by atoms with E-state index < -0.39 is 6.10 Å². The predicted molar refractivity (Wildman–Crippen MR) is 329 cm³/mol. The Hall–Kier alpha value is -4.97. The molecular weight excluding hydrogens is 937 g/mol. The SMILES string of the molecule is CC/C=C\C/C=C\C/C=C\C/C=C\C/C=C\C/C=C\C/C=C\CCCCCCCCCC(=O)OCC(COC(=O)CCCCCCC/C=C\CCC)OC(=O)CCCCC/C=C\C/C=C\C/C=C\C/C=C\C/C=C\CC. The number of ether oxygens (including phenoxy) is 3. The van der Waals surface area contributed by atoms with Gasteiger partial charge in [0.1, 0.15) is 13.2 Å². The van der Waals surface area contributed by atoms with Crippen LogP contribution in [0.5, 0.6) is 0 Å². The van der Waals surface area contributed by atoms with Gasteiger partial charge in [0.05, 0.1) is 0 Å². The minimum absolute atomic E-state index is 0.106. The molecule has 0 radical (unpaired) electrons. The van der Waals surface area contributed by atoms with E-state index in [9.17, 15) is 14.4 Å². The van der Waals surface area contributed by atoms with Crippen molar-refractivity contribution < 1.29 is 28.6 Å². The van der Waals surface area contributed by atoms with Crippen molar-refractivity contribution in [1.29, 1.82) is 0 Å². The minimum atomic E-state index is -0.811. The van der Waals surface area contributed by atoms with Crippen LogP contribution in [-0.2, 0) is 28.6 Å². The first-order chi connectivity index (χ1) is 37.5. The van der Waals surface area contributed by atoms with Crippen LogP contribution in [0.4, 0.5) is 0 Å². The number of hydrogen-bond acceptors (Lipinski definition) is 6. The Morgan fingerprint density at radius 1 is 0.276 bits per heavy atom. The number of esters is 3. The predicted octanol–water partition coefficient (Wildman–Crippen LogP) is 20.9. The molecule has 76 heavy (non-hydrogen) atoms. The maximum Gasteiger partial charge on any atom is 0.306 e. The minimum Gasteiger partial charge on any atom is -0.462 e. The van der Waals surface area contributed by atoms with E-state index in [2.05, 4.69) is 179 Å². The molecule has 0 aromatic heterocycles. The first-order valence-corrected chi connectivity index (χ1v) is 30.5. The van der Waals surface area contributed by atoms with Crippen molar-refractivity contribution in [2.45, 2.75) is 252 Å². The summed E-state index contributed by atoms with van der Waals surface area (Å²) in [5.74, 6) is -0.967. The van der Waals surface area contributed by atoms with Crippen molar-refractivity contribution in [2.75, 3.05) is 13.2 Å². The molecule has 0 aromatic carbocycles. The number of hydrogen-bond donors (Lipinski definition) is 0. The quantitative estimate of drug-likeness (QED) is 0.0261. The van der Waals surface area contributed by atoms with Gasteiger partial charge < -0.3 is 14.2 Å². The molecule has 0 bridgehead atoms. The molecule has 0 fully saturated rings. The standard InChI is InChI=1S/C70H110O6/c1-4-7-10-13-16-19-22-24-26-28-30-31-32-33-34-35-36-37-38-39-41-42-44-46-48-51-54-57-60-63-69(72)75-66-67(65-74-68(71)62-59-56-53-50-21-18-15-12-9-6-3)76-70(73)64-61-58-55-52-49-47-45-43-40-29-27-25-23-20-17-14-11-8-5-2/h7-8,10-12,15-17,19-20,24-27,30-31,33-34,36-37,39-41,43,47,49,67H,4-6,9,13-14,18,21-23,28-29,32,35,38,42,44-46,48,50-66H2,1-3H3/b10-7-,11-8-,15-12-,19-16-,20-17-,26-24-,27-25-,31-30-,34-33-,37-36-,41-39-,43-40-,49-47-. The number of rotatable bonds is 53. The summed E-state index contributed by atoms with van der Waals surface area (Å²) in [7, 11) is 0. The molecule has 0 saturated carbocycles. The van der Waals surface area contributed by atoms with Crippen LogP contribution in [0.3, 0.4) is 0 Å². The van der Waals surface area contributed by atoms with E-state index >= 15 is 0 Å². The van der Waals surface area contributed by atoms with Crippen LogP contribution in [0.2, 0.25) is 0 Å². The Morgan fingerprint density at radius 3 is 0.829 bits per heavy atom. The number of carbonyl (C=O) groups excluding carboxylic acids is 3. The van der Waals surface area contributed by atoms with Gasteiger partial charge in [-0.25, -0.2) is 0 Å². The van der Waals surface area contributed by atoms with Gasteiger partial charge in [-0.1, -0.05) is 243 Å². The average molecular weight is 1050 g/mol. The molecule has 0 aliphatic carbocycles. The molecule has 0 aromatic rings. The van der Waals surface area contributed by atoms with Crippen molar-refractivity contribution in [3.63, 3.8) is 0 Å². The van der Waals surface area contributed by atoms with Gasteiger partial charge in [0.25, 0.3) is 0 Å². The molecule has 0 saturated heterocycles. The fraction of sp³-hybridized carbons (Fsp3) is 0.586. The molecule has 0 aliphatic rings. The molecule has 1 atom stereocenters. The van der Waals surface area contributed by atoms with Crippen LogP contribution in [0.15, 0.2) is 158 Å². The van der Waals surface area contributed by atoms with Gasteiger partial charge in [0.15, 0.2) is 6.10 Å². The lowest BCUT2D eigenvalue weighted by atomic mass is 10.1. The molecule has 0 spiro atoms. The second kappa shape index (κ2) is 62.6. The first-order valence-electron chi connectivity index (χ1n) is 30.5. The zero-order chi connectivity index (χ0) is 55.0. The lowest BCUT2D eigenvalue weighted by Gasteiger charge is -2.18. The van der Waals surface area contributed by atoms with Gasteiger partial charge >= 0.3 is 17.9 Å². The summed E-state index contributed by atoms with van der Waals surface area (Å²) >= 11 is 0. The molecule has 426 valence electrons. The smallest absolute Gasteiger partial charge is 0.306 e. The topological polar surface area (TPSA) is 78.9 Å². The van der Waals surface area contributed by atoms with E-state index in [1.807, 2.05) is 0 Å². The van der Waals surface area contributed by atoms with Gasteiger partial charge in [-0.15, -0.1) is 0 Å². The van der Waals surface area contributed by atoms with Crippen LogP contribution in [0.1, 0.15) is 245 Å². The Kier molecular flexibility index (Phi) is 58.5. The second-order valence-electron chi connectivity index (χ2n) is 19.5. The van der Waals surface area contributed by atoms with Crippen molar-refractivity contribution in [3.8, 4) is 0 Å². The fourth-order valence-electron chi connectivity index (χ4n) is 7.74. The van der Waals surface area contributed by atoms with Gasteiger partial charge in [0.2, 0.25) is 0 Å². The fourth-order valence-corrected chi connectivity index (χ4v) is 7.74. The van der Waals surface area contributed by atoms with E-state index in [-0.39, 0.29) is 37.5 Å². The molecule has 6 heteroatoms. The van der Waals surface area contributed by atoms with Gasteiger partial charge in [-0.05, 0) is 141 Å². The summed E-state index contributed by atoms with van der Waals surface area (Å²) < 4.78 is 16.8. The molecule has 0 amide bonds. The van der Waals surface area contributed by atoms with Crippen molar-refractivity contribution in [2.24, 2.45) is 0 Å². The highest BCUT2D eigenvalue weighted by atomic mass is 16.6. The molecular formula is C70H110O6. The highest BCUT2D eigenvalue weighted by Crippen LogP contribution is 2.13. The summed E-state index contributed by atoms with van der Waals surface area (Å²) in [4.78, 5) is 38.2. The van der Waals surface area contributed by atoms with Crippen molar-refractivity contribution in [1.82, 2.24) is 0 Å². The number of unbranched alkanes of at least 4 members (excludes halogenated alkanes) is 16. The number of allylic oxidation sites excluding steroid dienone is 26. The lowest BCUT2D eigenvalue weighted by molar-refractivity contribution is -0.167. The maximum atomic E-state index is 12.9. The highest BCUT2D eigenvalue weighted by molar-refractivity contribution is 5.71. The van der Waals surface area contributed by atoms with Gasteiger partial charge in [-0.3, -0.25) is 14.4 Å². The third kappa shape index (κ3) is 59.9. The van der Waals surface area contributed by atoms with Crippen LogP contribution in [0, 0.1) is 0 Å².